The van der Waals surface area contributed by atoms with Crippen molar-refractivity contribution in [3.8, 4) is 11.8 Å². The van der Waals surface area contributed by atoms with E-state index in [9.17, 15) is 5.26 Å². The van der Waals surface area contributed by atoms with E-state index in [2.05, 4.69) is 28.9 Å². The third-order valence-electron chi connectivity index (χ3n) is 2.74. The van der Waals surface area contributed by atoms with E-state index in [1.165, 1.54) is 0 Å². The summed E-state index contributed by atoms with van der Waals surface area (Å²) in [6.45, 7) is 2.51. The van der Waals surface area contributed by atoms with Gasteiger partial charge in [-0.1, -0.05) is 47.1 Å². The molecule has 0 aromatic heterocycles. The Bertz CT molecular complexity index is 637. The molecule has 0 radical (unpaired) electrons. The fraction of sp³-hybridized carbons (Fsp3) is 0.188. The van der Waals surface area contributed by atoms with E-state index in [1.807, 2.05) is 42.5 Å². The molecule has 0 heterocycles. The maximum Gasteiger partial charge on any atom is 0.138 e. The third kappa shape index (κ3) is 3.56. The average molecular weight is 348 g/mol. The van der Waals surface area contributed by atoms with Crippen LogP contribution in [0.1, 0.15) is 18.1 Å². The van der Waals surface area contributed by atoms with Crippen LogP contribution in [0.5, 0.6) is 5.75 Å². The van der Waals surface area contributed by atoms with Crippen molar-refractivity contribution in [2.75, 3.05) is 5.75 Å². The van der Waals surface area contributed by atoms with Crippen LogP contribution in [0.2, 0.25) is 0 Å². The van der Waals surface area contributed by atoms with Crippen LogP contribution in [0.3, 0.4) is 0 Å². The second kappa shape index (κ2) is 7.37. The molecule has 2 aromatic carbocycles. The number of ether oxygens (including phenoxy) is 1. The van der Waals surface area contributed by atoms with Crippen LogP contribution in [0.15, 0.2) is 51.8 Å². The maximum atomic E-state index is 9.33. The first-order chi connectivity index (χ1) is 9.76. The smallest absolute Gasteiger partial charge is 0.138 e. The number of benzene rings is 2. The minimum atomic E-state index is 0.441. The molecule has 102 valence electrons. The molecule has 0 bridgehead atoms. The Morgan fingerprint density at radius 1 is 1.20 bits per heavy atom. The van der Waals surface area contributed by atoms with Crippen molar-refractivity contribution in [3.05, 3.63) is 58.1 Å². The minimum Gasteiger partial charge on any atom is -0.487 e. The van der Waals surface area contributed by atoms with E-state index in [1.54, 1.807) is 11.8 Å². The SMILES string of the molecule is CCSc1cccc(OCc2ccccc2Br)c1C#N. The zero-order chi connectivity index (χ0) is 14.4. The highest BCUT2D eigenvalue weighted by Crippen LogP contribution is 2.30. The molecule has 0 saturated heterocycles. The van der Waals surface area contributed by atoms with Gasteiger partial charge < -0.3 is 4.74 Å². The van der Waals surface area contributed by atoms with Crippen LogP contribution in [0.4, 0.5) is 0 Å². The minimum absolute atomic E-state index is 0.441. The van der Waals surface area contributed by atoms with Crippen LogP contribution in [-0.4, -0.2) is 5.75 Å². The molecular formula is C16H14BrNOS. The van der Waals surface area contributed by atoms with Gasteiger partial charge in [0.1, 0.15) is 24.0 Å². The van der Waals surface area contributed by atoms with Crippen molar-refractivity contribution in [2.45, 2.75) is 18.4 Å². The molecule has 0 fully saturated rings. The fourth-order valence-electron chi connectivity index (χ4n) is 1.79. The molecule has 2 aromatic rings. The van der Waals surface area contributed by atoms with Gasteiger partial charge in [0, 0.05) is 14.9 Å². The number of hydrogen-bond donors (Lipinski definition) is 0. The molecular weight excluding hydrogens is 334 g/mol. The van der Waals surface area contributed by atoms with Gasteiger partial charge in [0.2, 0.25) is 0 Å². The largest absolute Gasteiger partial charge is 0.487 e. The van der Waals surface area contributed by atoms with Crippen molar-refractivity contribution in [1.82, 2.24) is 0 Å². The molecule has 0 unspecified atom stereocenters. The standard InChI is InChI=1S/C16H14BrNOS/c1-2-20-16-9-5-8-15(13(16)10-18)19-11-12-6-3-4-7-14(12)17/h3-9H,2,11H2,1H3. The van der Waals surface area contributed by atoms with E-state index in [0.29, 0.717) is 17.9 Å². The molecule has 4 heteroatoms. The van der Waals surface area contributed by atoms with Crippen molar-refractivity contribution < 1.29 is 4.74 Å². The molecule has 20 heavy (non-hydrogen) atoms. The molecule has 0 N–H and O–H groups in total. The zero-order valence-electron chi connectivity index (χ0n) is 11.1. The molecule has 0 amide bonds. The highest BCUT2D eigenvalue weighted by Gasteiger charge is 2.10. The lowest BCUT2D eigenvalue weighted by Gasteiger charge is -2.11. The summed E-state index contributed by atoms with van der Waals surface area (Å²) in [6.07, 6.45) is 0. The Labute approximate surface area is 131 Å². The Balaban J connectivity index is 2.20. The lowest BCUT2D eigenvalue weighted by atomic mass is 10.2. The van der Waals surface area contributed by atoms with Gasteiger partial charge in [-0.3, -0.25) is 0 Å². The van der Waals surface area contributed by atoms with Crippen LogP contribution < -0.4 is 4.74 Å². The van der Waals surface area contributed by atoms with Crippen molar-refractivity contribution in [3.63, 3.8) is 0 Å². The second-order valence-electron chi connectivity index (χ2n) is 4.05. The van der Waals surface area contributed by atoms with Gasteiger partial charge in [0.15, 0.2) is 0 Å². The molecule has 0 aliphatic heterocycles. The molecule has 0 saturated carbocycles. The highest BCUT2D eigenvalue weighted by molar-refractivity contribution is 9.10. The summed E-state index contributed by atoms with van der Waals surface area (Å²) >= 11 is 5.15. The molecule has 0 atom stereocenters. The summed E-state index contributed by atoms with van der Waals surface area (Å²) in [5.74, 6) is 1.57. The third-order valence-corrected chi connectivity index (χ3v) is 4.45. The normalized spacial score (nSPS) is 10.1. The van der Waals surface area contributed by atoms with Crippen LogP contribution in [-0.2, 0) is 6.61 Å². The molecule has 0 aliphatic carbocycles. The number of halogens is 1. The topological polar surface area (TPSA) is 33.0 Å². The van der Waals surface area contributed by atoms with E-state index in [4.69, 9.17) is 4.74 Å². The van der Waals surface area contributed by atoms with Crippen molar-refractivity contribution in [1.29, 1.82) is 5.26 Å². The van der Waals surface area contributed by atoms with Gasteiger partial charge in [-0.25, -0.2) is 0 Å². The predicted octanol–water partition coefficient (Wildman–Crippen LogP) is 5.01. The Hall–Kier alpha value is -1.44. The summed E-state index contributed by atoms with van der Waals surface area (Å²) in [6, 6.07) is 15.9. The summed E-state index contributed by atoms with van der Waals surface area (Å²) in [5, 5.41) is 9.33. The molecule has 0 aliphatic rings. The summed E-state index contributed by atoms with van der Waals surface area (Å²) in [7, 11) is 0. The molecule has 0 spiro atoms. The Kier molecular flexibility index (Phi) is 5.51. The zero-order valence-corrected chi connectivity index (χ0v) is 13.5. The molecule has 2 nitrogen and oxygen atoms in total. The van der Waals surface area contributed by atoms with Crippen LogP contribution in [0.25, 0.3) is 0 Å². The van der Waals surface area contributed by atoms with Crippen LogP contribution >= 0.6 is 27.7 Å². The van der Waals surface area contributed by atoms with Gasteiger partial charge in [0.05, 0.1) is 0 Å². The highest BCUT2D eigenvalue weighted by atomic mass is 79.9. The maximum absolute atomic E-state index is 9.33. The van der Waals surface area contributed by atoms with Gasteiger partial charge in [-0.05, 0) is 24.0 Å². The summed E-state index contributed by atoms with van der Waals surface area (Å²) < 4.78 is 6.83. The average Bonchev–Trinajstić information content (AvgIpc) is 2.47. The number of nitriles is 1. The van der Waals surface area contributed by atoms with Crippen molar-refractivity contribution >= 4 is 27.7 Å². The van der Waals surface area contributed by atoms with Gasteiger partial charge in [0.25, 0.3) is 0 Å². The van der Waals surface area contributed by atoms with Crippen molar-refractivity contribution in [2.24, 2.45) is 0 Å². The first-order valence-electron chi connectivity index (χ1n) is 6.28. The van der Waals surface area contributed by atoms with E-state index in [0.717, 1.165) is 20.7 Å². The monoisotopic (exact) mass is 347 g/mol. The number of nitrogens with zero attached hydrogens (tertiary/aromatic N) is 1. The Morgan fingerprint density at radius 3 is 2.70 bits per heavy atom. The molecule has 2 rings (SSSR count). The number of rotatable bonds is 5. The van der Waals surface area contributed by atoms with Gasteiger partial charge in [-0.15, -0.1) is 11.8 Å². The predicted molar refractivity (Wildman–Crippen MR) is 86.0 cm³/mol. The number of hydrogen-bond acceptors (Lipinski definition) is 3. The lowest BCUT2D eigenvalue weighted by Crippen LogP contribution is -1.99. The second-order valence-corrected chi connectivity index (χ2v) is 6.21. The van der Waals surface area contributed by atoms with Gasteiger partial charge >= 0.3 is 0 Å². The van der Waals surface area contributed by atoms with E-state index >= 15 is 0 Å². The van der Waals surface area contributed by atoms with E-state index in [-0.39, 0.29) is 0 Å². The quantitative estimate of drug-likeness (QED) is 0.712. The Morgan fingerprint density at radius 2 is 2.00 bits per heavy atom. The summed E-state index contributed by atoms with van der Waals surface area (Å²) in [4.78, 5) is 0.972. The van der Waals surface area contributed by atoms with E-state index < -0.39 is 0 Å². The lowest BCUT2D eigenvalue weighted by molar-refractivity contribution is 0.304. The first kappa shape index (κ1) is 15.0. The fourth-order valence-corrected chi connectivity index (χ4v) is 2.96. The van der Waals surface area contributed by atoms with Gasteiger partial charge in [-0.2, -0.15) is 5.26 Å². The number of thioether (sulfide) groups is 1. The summed E-state index contributed by atoms with van der Waals surface area (Å²) in [5.41, 5.74) is 1.68. The first-order valence-corrected chi connectivity index (χ1v) is 8.06. The van der Waals surface area contributed by atoms with Crippen LogP contribution in [0, 0.1) is 11.3 Å².